The van der Waals surface area contributed by atoms with Crippen LogP contribution in [0.15, 0.2) is 35.2 Å². The number of aromatic carboxylic acids is 1. The number of carboxylic acid groups (broad SMARTS) is 1. The summed E-state index contributed by atoms with van der Waals surface area (Å²) < 4.78 is 40.3. The maximum Gasteiger partial charge on any atom is 0.339 e. The van der Waals surface area contributed by atoms with Gasteiger partial charge in [0.2, 0.25) is 0 Å². The number of hydrogen-bond donors (Lipinski definition) is 3. The van der Waals surface area contributed by atoms with Gasteiger partial charge in [0.25, 0.3) is 10.0 Å². The van der Waals surface area contributed by atoms with Crippen molar-refractivity contribution >= 4 is 21.7 Å². The van der Waals surface area contributed by atoms with Gasteiger partial charge in [-0.05, 0) is 49.2 Å². The Morgan fingerprint density at radius 1 is 1.17 bits per heavy atom. The number of carbonyl (C=O) groups is 1. The Labute approximate surface area is 132 Å². The van der Waals surface area contributed by atoms with Crippen LogP contribution >= 0.6 is 0 Å². The van der Waals surface area contributed by atoms with E-state index in [1.807, 2.05) is 0 Å². The highest BCUT2D eigenvalue weighted by molar-refractivity contribution is 7.92. The first-order chi connectivity index (χ1) is 10.6. The zero-order chi connectivity index (χ0) is 17.4. The van der Waals surface area contributed by atoms with Crippen molar-refractivity contribution < 1.29 is 27.8 Å². The topological polar surface area (TPSA) is 104 Å². The number of aryl methyl sites for hydroxylation is 2. The number of nitrogens with one attached hydrogen (secondary N) is 1. The van der Waals surface area contributed by atoms with Crippen LogP contribution in [0.1, 0.15) is 21.5 Å². The molecule has 2 rings (SSSR count). The second kappa shape index (κ2) is 5.88. The Morgan fingerprint density at radius 2 is 1.83 bits per heavy atom. The lowest BCUT2D eigenvalue weighted by molar-refractivity contribution is 0.0693. The molecular formula is C15H14FNO5S. The summed E-state index contributed by atoms with van der Waals surface area (Å²) in [5, 5.41) is 18.9. The van der Waals surface area contributed by atoms with Gasteiger partial charge in [0.15, 0.2) is 5.75 Å². The van der Waals surface area contributed by atoms with Crippen LogP contribution in [0.3, 0.4) is 0 Å². The van der Waals surface area contributed by atoms with Crippen molar-refractivity contribution in [2.75, 3.05) is 4.72 Å². The first-order valence-corrected chi connectivity index (χ1v) is 7.96. The number of anilines is 1. The van der Waals surface area contributed by atoms with Crippen molar-refractivity contribution in [1.29, 1.82) is 0 Å². The fourth-order valence-corrected chi connectivity index (χ4v) is 3.23. The lowest BCUT2D eigenvalue weighted by Crippen LogP contribution is -2.15. The maximum atomic E-state index is 13.5. The van der Waals surface area contributed by atoms with Gasteiger partial charge in [0.05, 0.1) is 5.69 Å². The van der Waals surface area contributed by atoms with E-state index in [4.69, 9.17) is 5.11 Å². The average molecular weight is 339 g/mol. The van der Waals surface area contributed by atoms with Crippen LogP contribution in [0.4, 0.5) is 10.1 Å². The second-order valence-electron chi connectivity index (χ2n) is 5.03. The molecule has 0 aromatic heterocycles. The number of phenols is 1. The molecule has 2 aromatic carbocycles. The molecule has 3 N–H and O–H groups in total. The van der Waals surface area contributed by atoms with Gasteiger partial charge in [-0.2, -0.15) is 0 Å². The molecule has 0 bridgehead atoms. The van der Waals surface area contributed by atoms with Crippen molar-refractivity contribution in [3.05, 3.63) is 52.8 Å². The highest BCUT2D eigenvalue weighted by atomic mass is 32.2. The summed E-state index contributed by atoms with van der Waals surface area (Å²) in [4.78, 5) is 10.5. The Balaban J connectivity index is 2.51. The van der Waals surface area contributed by atoms with Crippen molar-refractivity contribution in [3.63, 3.8) is 0 Å². The van der Waals surface area contributed by atoms with Crippen LogP contribution < -0.4 is 4.72 Å². The third kappa shape index (κ3) is 3.42. The van der Waals surface area contributed by atoms with Gasteiger partial charge in [-0.15, -0.1) is 0 Å². The molecule has 0 aliphatic rings. The van der Waals surface area contributed by atoms with Gasteiger partial charge < -0.3 is 10.2 Å². The molecular weight excluding hydrogens is 325 g/mol. The van der Waals surface area contributed by atoms with Crippen molar-refractivity contribution in [1.82, 2.24) is 0 Å². The Kier molecular flexibility index (Phi) is 4.28. The Morgan fingerprint density at radius 3 is 2.39 bits per heavy atom. The quantitative estimate of drug-likeness (QED) is 0.794. The number of aromatic hydroxyl groups is 1. The van der Waals surface area contributed by atoms with E-state index in [0.29, 0.717) is 11.1 Å². The lowest BCUT2D eigenvalue weighted by atomic mass is 10.1. The minimum Gasteiger partial charge on any atom is -0.506 e. The molecule has 0 unspecified atom stereocenters. The molecule has 0 aliphatic carbocycles. The van der Waals surface area contributed by atoms with E-state index in [-0.39, 0.29) is 5.69 Å². The molecule has 8 heteroatoms. The molecule has 0 saturated heterocycles. The number of benzene rings is 2. The van der Waals surface area contributed by atoms with Gasteiger partial charge in [0, 0.05) is 0 Å². The van der Waals surface area contributed by atoms with Crippen LogP contribution in [-0.2, 0) is 10.0 Å². The molecule has 0 spiro atoms. The number of hydrogen-bond acceptors (Lipinski definition) is 4. The normalized spacial score (nSPS) is 11.3. The molecule has 0 saturated carbocycles. The first kappa shape index (κ1) is 16.8. The highest BCUT2D eigenvalue weighted by Crippen LogP contribution is 2.30. The molecule has 0 atom stereocenters. The minimum atomic E-state index is -4.28. The van der Waals surface area contributed by atoms with E-state index in [9.17, 15) is 22.7 Å². The Bertz CT molecular complexity index is 893. The van der Waals surface area contributed by atoms with Gasteiger partial charge in [-0.3, -0.25) is 4.72 Å². The van der Waals surface area contributed by atoms with Crippen LogP contribution in [0, 0.1) is 19.7 Å². The summed E-state index contributed by atoms with van der Waals surface area (Å²) >= 11 is 0. The van der Waals surface area contributed by atoms with Crippen molar-refractivity contribution in [2.24, 2.45) is 0 Å². The fourth-order valence-electron chi connectivity index (χ4n) is 1.98. The maximum absolute atomic E-state index is 13.5. The van der Waals surface area contributed by atoms with Gasteiger partial charge in [-0.25, -0.2) is 17.6 Å². The highest BCUT2D eigenvalue weighted by Gasteiger charge is 2.24. The number of sulfonamides is 1. The van der Waals surface area contributed by atoms with E-state index in [0.717, 1.165) is 18.2 Å². The molecule has 0 radical (unpaired) electrons. The lowest BCUT2D eigenvalue weighted by Gasteiger charge is -2.12. The molecule has 0 heterocycles. The van der Waals surface area contributed by atoms with E-state index in [1.54, 1.807) is 0 Å². The molecule has 0 amide bonds. The zero-order valence-corrected chi connectivity index (χ0v) is 13.1. The van der Waals surface area contributed by atoms with Crippen molar-refractivity contribution in [3.8, 4) is 5.75 Å². The van der Waals surface area contributed by atoms with Crippen LogP contribution in [0.25, 0.3) is 0 Å². The van der Waals surface area contributed by atoms with Crippen LogP contribution in [-0.4, -0.2) is 24.6 Å². The molecule has 0 fully saturated rings. The smallest absolute Gasteiger partial charge is 0.339 e. The molecule has 122 valence electrons. The zero-order valence-electron chi connectivity index (χ0n) is 12.3. The predicted octanol–water partition coefficient (Wildman–Crippen LogP) is 2.65. The van der Waals surface area contributed by atoms with Gasteiger partial charge in [0.1, 0.15) is 16.3 Å². The van der Waals surface area contributed by atoms with E-state index in [1.165, 1.54) is 26.0 Å². The van der Waals surface area contributed by atoms with Crippen LogP contribution in [0.5, 0.6) is 5.75 Å². The van der Waals surface area contributed by atoms with Gasteiger partial charge in [-0.1, -0.05) is 6.07 Å². The third-order valence-electron chi connectivity index (χ3n) is 3.16. The summed E-state index contributed by atoms with van der Waals surface area (Å²) in [6.45, 7) is 3.02. The van der Waals surface area contributed by atoms with Crippen molar-refractivity contribution in [2.45, 2.75) is 18.7 Å². The third-order valence-corrected chi connectivity index (χ3v) is 4.56. The fraction of sp³-hybridized carbons (Fsp3) is 0.133. The monoisotopic (exact) mass is 339 g/mol. The van der Waals surface area contributed by atoms with E-state index in [2.05, 4.69) is 4.72 Å². The van der Waals surface area contributed by atoms with E-state index < -0.39 is 38.0 Å². The summed E-state index contributed by atoms with van der Waals surface area (Å²) in [6.07, 6.45) is 0. The standard InChI is InChI=1S/C15H14FNO5S/c1-8-5-11(15(19)20)14(18)13(6-8)23(21,22)17-10-4-3-9(2)12(16)7-10/h3-7,17-18H,1-2H3,(H,19,20). The summed E-state index contributed by atoms with van der Waals surface area (Å²) in [7, 11) is -4.28. The van der Waals surface area contributed by atoms with Gasteiger partial charge >= 0.3 is 5.97 Å². The van der Waals surface area contributed by atoms with Crippen LogP contribution in [0.2, 0.25) is 0 Å². The number of rotatable bonds is 4. The SMILES string of the molecule is Cc1cc(C(=O)O)c(O)c(S(=O)(=O)Nc2ccc(C)c(F)c2)c1. The predicted molar refractivity (Wildman–Crippen MR) is 81.7 cm³/mol. The molecule has 0 aliphatic heterocycles. The number of halogens is 1. The minimum absolute atomic E-state index is 0.0362. The molecule has 23 heavy (non-hydrogen) atoms. The summed E-state index contributed by atoms with van der Waals surface area (Å²) in [6, 6.07) is 6.04. The molecule has 2 aromatic rings. The van der Waals surface area contributed by atoms with E-state index >= 15 is 0 Å². The molecule has 6 nitrogen and oxygen atoms in total. The summed E-state index contributed by atoms with van der Waals surface area (Å²) in [5.74, 6) is -2.92. The number of carboxylic acids is 1. The second-order valence-corrected chi connectivity index (χ2v) is 6.68. The Hall–Kier alpha value is -2.61. The largest absolute Gasteiger partial charge is 0.506 e. The summed E-state index contributed by atoms with van der Waals surface area (Å²) in [5.41, 5.74) is 0.126. The average Bonchev–Trinajstić information content (AvgIpc) is 2.44. The first-order valence-electron chi connectivity index (χ1n) is 6.47.